The Morgan fingerprint density at radius 3 is 2.76 bits per heavy atom. The number of piperidine rings is 1. The number of hydrogen-bond donors (Lipinski definition) is 1. The molecule has 2 rings (SSSR count). The molecular formula is C18H30N2O. The molecule has 1 aliphatic rings. The summed E-state index contributed by atoms with van der Waals surface area (Å²) in [5, 5.41) is 3.53. The van der Waals surface area contributed by atoms with Crippen LogP contribution in [0.15, 0.2) is 24.3 Å². The van der Waals surface area contributed by atoms with Crippen LogP contribution >= 0.6 is 0 Å². The molecule has 0 amide bonds. The Bertz CT molecular complexity index is 417. The van der Waals surface area contributed by atoms with E-state index in [1.54, 1.807) is 0 Å². The zero-order valence-corrected chi connectivity index (χ0v) is 13.8. The van der Waals surface area contributed by atoms with Gasteiger partial charge in [-0.05, 0) is 37.4 Å². The predicted molar refractivity (Wildman–Crippen MR) is 88.3 cm³/mol. The number of hydrogen-bond acceptors (Lipinski definition) is 3. The Balaban J connectivity index is 1.95. The highest BCUT2D eigenvalue weighted by Gasteiger charge is 2.20. The maximum Gasteiger partial charge on any atom is 0.0702 e. The summed E-state index contributed by atoms with van der Waals surface area (Å²) in [6, 6.07) is 9.32. The third kappa shape index (κ3) is 5.42. The number of ether oxygens (including phenoxy) is 1. The van der Waals surface area contributed by atoms with Crippen LogP contribution in [0.5, 0.6) is 0 Å². The molecule has 0 saturated carbocycles. The second-order valence-corrected chi connectivity index (χ2v) is 6.26. The van der Waals surface area contributed by atoms with Gasteiger partial charge in [-0.15, -0.1) is 0 Å². The fraction of sp³-hybridized carbons (Fsp3) is 0.667. The summed E-state index contributed by atoms with van der Waals surface area (Å²) in [5.74, 6) is 0. The zero-order valence-electron chi connectivity index (χ0n) is 13.8. The van der Waals surface area contributed by atoms with Gasteiger partial charge < -0.3 is 10.1 Å². The maximum atomic E-state index is 5.81. The molecule has 1 N–H and O–H groups in total. The van der Waals surface area contributed by atoms with E-state index < -0.39 is 0 Å². The molecule has 1 fully saturated rings. The van der Waals surface area contributed by atoms with Crippen LogP contribution in [-0.4, -0.2) is 36.7 Å². The minimum absolute atomic E-state index is 0.421. The van der Waals surface area contributed by atoms with Crippen LogP contribution in [0.4, 0.5) is 0 Å². The van der Waals surface area contributed by atoms with Crippen molar-refractivity contribution in [2.75, 3.05) is 19.7 Å². The molecule has 3 heteroatoms. The molecule has 3 nitrogen and oxygen atoms in total. The number of benzene rings is 1. The fourth-order valence-electron chi connectivity index (χ4n) is 2.97. The first kappa shape index (κ1) is 16.5. The highest BCUT2D eigenvalue weighted by atomic mass is 16.5. The Kier molecular flexibility index (Phi) is 6.68. The first-order valence-electron chi connectivity index (χ1n) is 8.33. The van der Waals surface area contributed by atoms with Crippen molar-refractivity contribution < 1.29 is 4.74 Å². The molecule has 1 aromatic rings. The van der Waals surface area contributed by atoms with Gasteiger partial charge in [-0.25, -0.2) is 0 Å². The summed E-state index contributed by atoms with van der Waals surface area (Å²) in [5.41, 5.74) is 2.87. The molecule has 1 atom stereocenters. The lowest BCUT2D eigenvalue weighted by Gasteiger charge is -2.33. The average molecular weight is 290 g/mol. The van der Waals surface area contributed by atoms with Crippen LogP contribution < -0.4 is 5.32 Å². The van der Waals surface area contributed by atoms with Crippen molar-refractivity contribution in [3.05, 3.63) is 35.4 Å². The summed E-state index contributed by atoms with van der Waals surface area (Å²) in [7, 11) is 0. The minimum atomic E-state index is 0.421. The summed E-state index contributed by atoms with van der Waals surface area (Å²) in [6.07, 6.45) is 2.88. The van der Waals surface area contributed by atoms with E-state index in [2.05, 4.69) is 55.3 Å². The van der Waals surface area contributed by atoms with Gasteiger partial charge in [-0.3, -0.25) is 4.90 Å². The Hall–Kier alpha value is -0.900. The van der Waals surface area contributed by atoms with Crippen LogP contribution in [0.1, 0.15) is 44.7 Å². The van der Waals surface area contributed by atoms with Crippen LogP contribution in [0, 0.1) is 0 Å². The highest BCUT2D eigenvalue weighted by molar-refractivity contribution is 5.27. The van der Waals surface area contributed by atoms with Gasteiger partial charge >= 0.3 is 0 Å². The molecule has 0 aromatic heterocycles. The van der Waals surface area contributed by atoms with Crippen molar-refractivity contribution in [1.82, 2.24) is 10.2 Å². The molecule has 21 heavy (non-hydrogen) atoms. The number of nitrogens with one attached hydrogen (secondary N) is 1. The van der Waals surface area contributed by atoms with Crippen molar-refractivity contribution in [3.8, 4) is 0 Å². The van der Waals surface area contributed by atoms with Crippen LogP contribution in [0.2, 0.25) is 0 Å². The summed E-state index contributed by atoms with van der Waals surface area (Å²) in [6.45, 7) is 11.6. The molecule has 1 heterocycles. The molecular weight excluding hydrogens is 260 g/mol. The van der Waals surface area contributed by atoms with Gasteiger partial charge in [0.25, 0.3) is 0 Å². The SMILES string of the molecule is CCOC1CCCN(Cc2ccccc2CNC(C)C)C1. The van der Waals surface area contributed by atoms with E-state index in [1.807, 2.05) is 0 Å². The standard InChI is InChI=1S/C18H30N2O/c1-4-21-18-10-7-11-20(14-18)13-17-9-6-5-8-16(17)12-19-15(2)3/h5-6,8-9,15,18-19H,4,7,10-14H2,1-3H3. The Morgan fingerprint density at radius 2 is 2.05 bits per heavy atom. The van der Waals surface area contributed by atoms with Crippen LogP contribution in [0.25, 0.3) is 0 Å². The summed E-state index contributed by atoms with van der Waals surface area (Å²) in [4.78, 5) is 2.54. The summed E-state index contributed by atoms with van der Waals surface area (Å²) >= 11 is 0. The maximum absolute atomic E-state index is 5.81. The smallest absolute Gasteiger partial charge is 0.0702 e. The van der Waals surface area contributed by atoms with Crippen molar-refractivity contribution in [1.29, 1.82) is 0 Å². The third-order valence-electron chi connectivity index (χ3n) is 4.08. The van der Waals surface area contributed by atoms with E-state index in [-0.39, 0.29) is 0 Å². The molecule has 118 valence electrons. The van der Waals surface area contributed by atoms with E-state index in [4.69, 9.17) is 4.74 Å². The summed E-state index contributed by atoms with van der Waals surface area (Å²) < 4.78 is 5.81. The van der Waals surface area contributed by atoms with Gasteiger partial charge in [-0.2, -0.15) is 0 Å². The first-order valence-corrected chi connectivity index (χ1v) is 8.33. The molecule has 1 unspecified atom stereocenters. The molecule has 0 bridgehead atoms. The lowest BCUT2D eigenvalue weighted by atomic mass is 10.0. The lowest BCUT2D eigenvalue weighted by molar-refractivity contribution is 0.00356. The largest absolute Gasteiger partial charge is 0.377 e. The van der Waals surface area contributed by atoms with Crippen LogP contribution in [-0.2, 0) is 17.8 Å². The van der Waals surface area contributed by atoms with Gasteiger partial charge in [0.2, 0.25) is 0 Å². The number of nitrogens with zero attached hydrogens (tertiary/aromatic N) is 1. The molecule has 1 aliphatic heterocycles. The monoisotopic (exact) mass is 290 g/mol. The number of likely N-dealkylation sites (tertiary alicyclic amines) is 1. The lowest BCUT2D eigenvalue weighted by Crippen LogP contribution is -2.39. The van der Waals surface area contributed by atoms with E-state index in [1.165, 1.54) is 30.5 Å². The average Bonchev–Trinajstić information content (AvgIpc) is 2.47. The van der Waals surface area contributed by atoms with Gasteiger partial charge in [0.1, 0.15) is 0 Å². The predicted octanol–water partition coefficient (Wildman–Crippen LogP) is 3.19. The van der Waals surface area contributed by atoms with Crippen molar-refractivity contribution >= 4 is 0 Å². The second-order valence-electron chi connectivity index (χ2n) is 6.26. The molecule has 0 aliphatic carbocycles. The van der Waals surface area contributed by atoms with E-state index in [9.17, 15) is 0 Å². The van der Waals surface area contributed by atoms with Gasteiger partial charge in [0.15, 0.2) is 0 Å². The fourth-order valence-corrected chi connectivity index (χ4v) is 2.97. The topological polar surface area (TPSA) is 24.5 Å². The van der Waals surface area contributed by atoms with Crippen LogP contribution in [0.3, 0.4) is 0 Å². The van der Waals surface area contributed by atoms with Gasteiger partial charge in [0, 0.05) is 32.3 Å². The zero-order chi connectivity index (χ0) is 15.1. The normalized spacial score (nSPS) is 20.1. The van der Waals surface area contributed by atoms with Crippen molar-refractivity contribution in [2.45, 2.75) is 58.8 Å². The first-order chi connectivity index (χ1) is 10.2. The van der Waals surface area contributed by atoms with Crippen molar-refractivity contribution in [3.63, 3.8) is 0 Å². The highest BCUT2D eigenvalue weighted by Crippen LogP contribution is 2.18. The number of rotatable bonds is 7. The second kappa shape index (κ2) is 8.52. The van der Waals surface area contributed by atoms with E-state index in [0.717, 1.165) is 26.2 Å². The molecule has 1 aromatic carbocycles. The molecule has 0 radical (unpaired) electrons. The van der Waals surface area contributed by atoms with Gasteiger partial charge in [0.05, 0.1) is 6.10 Å². The molecule has 1 saturated heterocycles. The Morgan fingerprint density at radius 1 is 1.29 bits per heavy atom. The van der Waals surface area contributed by atoms with E-state index in [0.29, 0.717) is 12.1 Å². The minimum Gasteiger partial charge on any atom is -0.377 e. The third-order valence-corrected chi connectivity index (χ3v) is 4.08. The van der Waals surface area contributed by atoms with Crippen molar-refractivity contribution in [2.24, 2.45) is 0 Å². The van der Waals surface area contributed by atoms with Gasteiger partial charge in [-0.1, -0.05) is 38.1 Å². The quantitative estimate of drug-likeness (QED) is 0.834. The molecule has 0 spiro atoms. The Labute approximate surface area is 129 Å². The van der Waals surface area contributed by atoms with E-state index >= 15 is 0 Å².